The van der Waals surface area contributed by atoms with Gasteiger partial charge in [0.25, 0.3) is 11.7 Å². The van der Waals surface area contributed by atoms with Crippen molar-refractivity contribution in [3.05, 3.63) is 95.1 Å². The molecule has 2 bridgehead atoms. The van der Waals surface area contributed by atoms with Gasteiger partial charge in [0.1, 0.15) is 30.1 Å². The number of aliphatic hydroxyl groups excluding tert-OH is 1. The molecule has 15 atom stereocenters. The summed E-state index contributed by atoms with van der Waals surface area (Å²) < 4.78 is 43.7. The van der Waals surface area contributed by atoms with Crippen LogP contribution in [-0.2, 0) is 58.9 Å². The van der Waals surface area contributed by atoms with Gasteiger partial charge in [0.2, 0.25) is 5.79 Å². The fraction of sp³-hybridized carbons (Fsp3) is 0.655. The summed E-state index contributed by atoms with van der Waals surface area (Å²) >= 11 is 0. The minimum atomic E-state index is -2.52. The van der Waals surface area contributed by atoms with Gasteiger partial charge in [-0.1, -0.05) is 106 Å². The first-order valence-corrected chi connectivity index (χ1v) is 26.4. The normalized spacial score (nSPS) is 35.3. The van der Waals surface area contributed by atoms with Gasteiger partial charge in [-0.3, -0.25) is 14.4 Å². The van der Waals surface area contributed by atoms with E-state index in [1.807, 2.05) is 87.5 Å². The van der Waals surface area contributed by atoms with Crippen LogP contribution in [0.2, 0.25) is 0 Å². The Balaban J connectivity index is 1.26. The second-order valence-corrected chi connectivity index (χ2v) is 21.2. The van der Waals surface area contributed by atoms with Crippen LogP contribution in [0.1, 0.15) is 129 Å². The molecule has 0 spiro atoms. The number of carbonyl (C=O) groups excluding carboxylic acids is 4. The molecule has 0 radical (unpaired) electrons. The van der Waals surface area contributed by atoms with Crippen LogP contribution in [0.5, 0.6) is 0 Å². The summed E-state index contributed by atoms with van der Waals surface area (Å²) in [7, 11) is 4.76. The molecular formula is C58H83NO13. The van der Waals surface area contributed by atoms with E-state index >= 15 is 0 Å². The average Bonchev–Trinajstić information content (AvgIpc) is 3.39. The zero-order chi connectivity index (χ0) is 52.1. The number of piperidine rings is 1. The summed E-state index contributed by atoms with van der Waals surface area (Å²) in [5, 5.41) is 24.1. The number of allylic oxidation sites excluding steroid dienone is 3. The van der Waals surface area contributed by atoms with Crippen LogP contribution in [-0.4, -0.2) is 128 Å². The summed E-state index contributed by atoms with van der Waals surface area (Å²) in [6, 6.07) is 18.9. The van der Waals surface area contributed by atoms with Gasteiger partial charge in [0.05, 0.1) is 43.7 Å². The third-order valence-corrected chi connectivity index (χ3v) is 15.8. The third-order valence-electron chi connectivity index (χ3n) is 15.8. The Hall–Kier alpha value is -4.12. The highest BCUT2D eigenvalue weighted by atomic mass is 16.7. The lowest BCUT2D eigenvalue weighted by molar-refractivity contribution is -0.302. The molecule has 0 aromatic heterocycles. The number of methoxy groups -OCH3 is 3. The molecule has 6 rings (SSSR count). The van der Waals surface area contributed by atoms with Crippen LogP contribution < -0.4 is 0 Å². The average molecular weight is 1000 g/mol. The molecule has 398 valence electrons. The number of aliphatic hydroxyl groups is 2. The standard InChI is InChI=1S/C58H83NO13/c1-10-43-28-36(2)27-37(3)29-50(67-8)54-51(68-9)31-39(5)58(65,72-54)55(62)56(63)59-26-18-17-23-45(59)57(64)71-53(40(6)46(60)33-47(43)61)38(4)30-42-24-25-48(49(32-42)66-7)70-35-52(44-21-15-12-16-22-44)69-34-41-19-13-11-14-20-41/h11-16,19-22,28,30,37,39-40,42-43,45-46,48-54,60,65H,10,17-18,23-27,29,31-35H2,1-9H3/b36-28+,38-30?. The Bertz CT molecular complexity index is 2130. The van der Waals surface area contributed by atoms with E-state index in [9.17, 15) is 29.4 Å². The van der Waals surface area contributed by atoms with E-state index < -0.39 is 77.8 Å². The summed E-state index contributed by atoms with van der Waals surface area (Å²) in [5.41, 5.74) is 3.77. The van der Waals surface area contributed by atoms with Crippen molar-refractivity contribution in [1.29, 1.82) is 0 Å². The minimum absolute atomic E-state index is 0.00770. The molecule has 4 aliphatic rings. The number of fused-ring (bicyclic) bond motifs is 3. The molecule has 3 heterocycles. The number of amides is 1. The molecule has 14 nitrogen and oxygen atoms in total. The maximum Gasteiger partial charge on any atom is 0.329 e. The second-order valence-electron chi connectivity index (χ2n) is 21.2. The van der Waals surface area contributed by atoms with E-state index in [-0.39, 0.29) is 61.7 Å². The van der Waals surface area contributed by atoms with Crippen molar-refractivity contribution in [3.8, 4) is 0 Å². The van der Waals surface area contributed by atoms with Crippen molar-refractivity contribution in [2.45, 2.75) is 179 Å². The molecule has 2 saturated heterocycles. The second kappa shape index (κ2) is 26.9. The Morgan fingerprint density at radius 2 is 1.51 bits per heavy atom. The van der Waals surface area contributed by atoms with Crippen molar-refractivity contribution in [1.82, 2.24) is 4.90 Å². The lowest BCUT2D eigenvalue weighted by Crippen LogP contribution is -2.64. The summed E-state index contributed by atoms with van der Waals surface area (Å²) in [6.45, 7) is 12.1. The van der Waals surface area contributed by atoms with E-state index in [1.54, 1.807) is 28.1 Å². The highest BCUT2D eigenvalue weighted by molar-refractivity contribution is 6.39. The number of Topliss-reactive ketones (excluding diaryl/α,β-unsaturated/α-hetero) is 2. The fourth-order valence-corrected chi connectivity index (χ4v) is 11.5. The number of hydrogen-bond donors (Lipinski definition) is 2. The Morgan fingerprint density at radius 3 is 2.18 bits per heavy atom. The number of cyclic esters (lactones) is 1. The Kier molecular flexibility index (Phi) is 21.4. The van der Waals surface area contributed by atoms with Crippen LogP contribution >= 0.6 is 0 Å². The van der Waals surface area contributed by atoms with E-state index in [2.05, 4.69) is 13.0 Å². The molecule has 15 unspecified atom stereocenters. The summed E-state index contributed by atoms with van der Waals surface area (Å²) in [6.07, 6.45) is 4.13. The Morgan fingerprint density at radius 1 is 0.847 bits per heavy atom. The predicted molar refractivity (Wildman–Crippen MR) is 272 cm³/mol. The number of carbonyl (C=O) groups is 4. The van der Waals surface area contributed by atoms with E-state index in [0.717, 1.165) is 23.1 Å². The first-order chi connectivity index (χ1) is 34.5. The van der Waals surface area contributed by atoms with E-state index in [0.29, 0.717) is 63.7 Å². The largest absolute Gasteiger partial charge is 0.456 e. The van der Waals surface area contributed by atoms with E-state index in [4.69, 9.17) is 33.2 Å². The van der Waals surface area contributed by atoms with Crippen molar-refractivity contribution < 1.29 is 62.5 Å². The zero-order valence-corrected chi connectivity index (χ0v) is 44.2. The van der Waals surface area contributed by atoms with Gasteiger partial charge in [-0.05, 0) is 107 Å². The number of esters is 1. The molecule has 3 aliphatic heterocycles. The Labute approximate surface area is 428 Å². The molecule has 1 amide bonds. The molecule has 14 heteroatoms. The van der Waals surface area contributed by atoms with E-state index in [1.165, 1.54) is 12.0 Å². The fourth-order valence-electron chi connectivity index (χ4n) is 11.5. The lowest BCUT2D eigenvalue weighted by atomic mass is 9.81. The summed E-state index contributed by atoms with van der Waals surface area (Å²) in [5.74, 6) is -7.58. The number of ether oxygens (including phenoxy) is 7. The number of nitrogens with zero attached hydrogens (tertiary/aromatic N) is 1. The quantitative estimate of drug-likeness (QED) is 0.111. The smallest absolute Gasteiger partial charge is 0.329 e. The van der Waals surface area contributed by atoms with Gasteiger partial charge in [-0.15, -0.1) is 0 Å². The third kappa shape index (κ3) is 14.4. The van der Waals surface area contributed by atoms with Crippen molar-refractivity contribution in [2.24, 2.45) is 29.6 Å². The van der Waals surface area contributed by atoms with Gasteiger partial charge < -0.3 is 48.3 Å². The zero-order valence-electron chi connectivity index (χ0n) is 44.2. The first kappa shape index (κ1) is 57.2. The molecule has 2 aromatic carbocycles. The molecular weight excluding hydrogens is 919 g/mol. The molecule has 1 saturated carbocycles. The monoisotopic (exact) mass is 1000 g/mol. The molecule has 1 aliphatic carbocycles. The number of rotatable bonds is 13. The van der Waals surface area contributed by atoms with Gasteiger partial charge in [0, 0.05) is 52.0 Å². The predicted octanol–water partition coefficient (Wildman–Crippen LogP) is 8.46. The van der Waals surface area contributed by atoms with Crippen LogP contribution in [0, 0.1) is 29.6 Å². The van der Waals surface area contributed by atoms with Gasteiger partial charge in [-0.25, -0.2) is 4.79 Å². The molecule has 3 fully saturated rings. The summed E-state index contributed by atoms with van der Waals surface area (Å²) in [4.78, 5) is 58.8. The van der Waals surface area contributed by atoms with Gasteiger partial charge in [0.15, 0.2) is 0 Å². The number of ketones is 2. The van der Waals surface area contributed by atoms with Gasteiger partial charge >= 0.3 is 5.97 Å². The highest BCUT2D eigenvalue weighted by Gasteiger charge is 2.56. The SMILES string of the molecule is CCC1/C=C(\C)CC(C)CC(OC)C2OC(O)(C(=O)C(=O)N3CCCCC3C(=O)OC(C(C)=CC3CCC(OCC(OCc4ccccc4)c4ccccc4)C(OC)C3)C(C)C(O)CC1=O)C(C)CC2OC. The van der Waals surface area contributed by atoms with Crippen LogP contribution in [0.25, 0.3) is 0 Å². The van der Waals surface area contributed by atoms with Crippen molar-refractivity contribution in [2.75, 3.05) is 34.5 Å². The lowest BCUT2D eigenvalue weighted by Gasteiger charge is -2.47. The highest BCUT2D eigenvalue weighted by Crippen LogP contribution is 2.40. The van der Waals surface area contributed by atoms with Crippen molar-refractivity contribution in [3.63, 3.8) is 0 Å². The number of hydrogen-bond acceptors (Lipinski definition) is 13. The molecule has 2 N–H and O–H groups in total. The minimum Gasteiger partial charge on any atom is -0.456 e. The van der Waals surface area contributed by atoms with Crippen LogP contribution in [0.3, 0.4) is 0 Å². The van der Waals surface area contributed by atoms with Crippen molar-refractivity contribution >= 4 is 23.4 Å². The van der Waals surface area contributed by atoms with Crippen LogP contribution in [0.15, 0.2) is 84.0 Å². The molecule has 2 aromatic rings. The van der Waals surface area contributed by atoms with Gasteiger partial charge in [-0.2, -0.15) is 0 Å². The molecule has 72 heavy (non-hydrogen) atoms. The maximum absolute atomic E-state index is 14.6. The number of benzene rings is 2. The topological polar surface area (TPSA) is 177 Å². The maximum atomic E-state index is 14.6. The first-order valence-electron chi connectivity index (χ1n) is 26.4. The van der Waals surface area contributed by atoms with Crippen LogP contribution in [0.4, 0.5) is 0 Å².